The molecule has 0 saturated carbocycles. The Kier molecular flexibility index (Phi) is 5.77. The Morgan fingerprint density at radius 3 is 2.07 bits per heavy atom. The standard InChI is InChI=1S/C11H22O3/c1-5-9(6-2)11(13,7-3)10(12)14-8-4/h9,13H,5-8H2,1-4H3. The molecule has 0 heterocycles. The van der Waals surface area contributed by atoms with Crippen molar-refractivity contribution in [2.45, 2.75) is 52.6 Å². The number of hydrogen-bond donors (Lipinski definition) is 1. The predicted molar refractivity (Wildman–Crippen MR) is 55.9 cm³/mol. The van der Waals surface area contributed by atoms with Crippen LogP contribution in [-0.2, 0) is 9.53 Å². The summed E-state index contributed by atoms with van der Waals surface area (Å²) in [5.74, 6) is -0.484. The van der Waals surface area contributed by atoms with Crippen LogP contribution in [0.3, 0.4) is 0 Å². The molecule has 0 fully saturated rings. The van der Waals surface area contributed by atoms with Gasteiger partial charge in [-0.15, -0.1) is 0 Å². The first-order chi connectivity index (χ1) is 6.56. The number of esters is 1. The summed E-state index contributed by atoms with van der Waals surface area (Å²) in [6, 6.07) is 0. The first-order valence-corrected chi connectivity index (χ1v) is 5.46. The molecule has 0 aliphatic heterocycles. The van der Waals surface area contributed by atoms with Crippen molar-refractivity contribution in [1.82, 2.24) is 0 Å². The Bertz CT molecular complexity index is 175. The SMILES string of the molecule is CCOC(=O)C(O)(CC)C(CC)CC. The molecule has 0 aromatic carbocycles. The van der Waals surface area contributed by atoms with Crippen molar-refractivity contribution in [3.8, 4) is 0 Å². The van der Waals surface area contributed by atoms with Crippen LogP contribution in [0.4, 0.5) is 0 Å². The van der Waals surface area contributed by atoms with Crippen LogP contribution in [0.25, 0.3) is 0 Å². The molecule has 1 unspecified atom stereocenters. The molecular formula is C11H22O3. The minimum absolute atomic E-state index is 0.00782. The van der Waals surface area contributed by atoms with E-state index in [1.54, 1.807) is 6.92 Å². The topological polar surface area (TPSA) is 46.5 Å². The average Bonchev–Trinajstić information content (AvgIpc) is 2.19. The summed E-state index contributed by atoms with van der Waals surface area (Å²) in [6.07, 6.45) is 2.00. The first-order valence-electron chi connectivity index (χ1n) is 5.46. The molecule has 0 aromatic rings. The number of hydrogen-bond acceptors (Lipinski definition) is 3. The highest BCUT2D eigenvalue weighted by atomic mass is 16.5. The van der Waals surface area contributed by atoms with Crippen LogP contribution in [0.2, 0.25) is 0 Å². The van der Waals surface area contributed by atoms with Crippen molar-refractivity contribution in [2.75, 3.05) is 6.61 Å². The third-order valence-corrected chi connectivity index (χ3v) is 2.83. The van der Waals surface area contributed by atoms with Gasteiger partial charge in [-0.1, -0.05) is 20.8 Å². The molecule has 1 N–H and O–H groups in total. The third kappa shape index (κ3) is 2.71. The van der Waals surface area contributed by atoms with Gasteiger partial charge in [0.05, 0.1) is 6.61 Å². The summed E-state index contributed by atoms with van der Waals surface area (Å²) in [7, 11) is 0. The molecule has 3 heteroatoms. The molecule has 0 bridgehead atoms. The van der Waals surface area contributed by atoms with Gasteiger partial charge in [0.15, 0.2) is 5.60 Å². The molecular weight excluding hydrogens is 180 g/mol. The number of aliphatic hydroxyl groups is 1. The number of rotatable bonds is 6. The molecule has 0 aliphatic carbocycles. The minimum atomic E-state index is -1.29. The summed E-state index contributed by atoms with van der Waals surface area (Å²) in [4.78, 5) is 11.6. The molecule has 84 valence electrons. The maximum atomic E-state index is 11.6. The molecule has 0 saturated heterocycles. The average molecular weight is 202 g/mol. The van der Waals surface area contributed by atoms with Crippen LogP contribution in [0, 0.1) is 5.92 Å². The summed E-state index contributed by atoms with van der Waals surface area (Å²) < 4.78 is 4.89. The smallest absolute Gasteiger partial charge is 0.338 e. The second-order valence-electron chi connectivity index (χ2n) is 3.51. The monoisotopic (exact) mass is 202 g/mol. The van der Waals surface area contributed by atoms with Gasteiger partial charge >= 0.3 is 5.97 Å². The van der Waals surface area contributed by atoms with Crippen molar-refractivity contribution in [2.24, 2.45) is 5.92 Å². The van der Waals surface area contributed by atoms with Crippen LogP contribution >= 0.6 is 0 Å². The van der Waals surface area contributed by atoms with Gasteiger partial charge in [0.1, 0.15) is 0 Å². The van der Waals surface area contributed by atoms with E-state index in [9.17, 15) is 9.90 Å². The Balaban J connectivity index is 4.66. The van der Waals surface area contributed by atoms with Crippen molar-refractivity contribution in [1.29, 1.82) is 0 Å². The fraction of sp³-hybridized carbons (Fsp3) is 0.909. The quantitative estimate of drug-likeness (QED) is 0.671. The lowest BCUT2D eigenvalue weighted by molar-refractivity contribution is -0.172. The van der Waals surface area contributed by atoms with Crippen LogP contribution in [0.5, 0.6) is 0 Å². The number of carbonyl (C=O) groups is 1. The van der Waals surface area contributed by atoms with E-state index in [4.69, 9.17) is 4.74 Å². The molecule has 0 aromatic heterocycles. The zero-order valence-corrected chi connectivity index (χ0v) is 9.67. The highest BCUT2D eigenvalue weighted by molar-refractivity contribution is 5.79. The normalized spacial score (nSPS) is 15.3. The van der Waals surface area contributed by atoms with E-state index in [1.165, 1.54) is 0 Å². The summed E-state index contributed by atoms with van der Waals surface area (Å²) in [5.41, 5.74) is -1.29. The van der Waals surface area contributed by atoms with E-state index >= 15 is 0 Å². The van der Waals surface area contributed by atoms with Gasteiger partial charge in [0.2, 0.25) is 0 Å². The van der Waals surface area contributed by atoms with Gasteiger partial charge in [-0.3, -0.25) is 0 Å². The molecule has 3 nitrogen and oxygen atoms in total. The molecule has 1 atom stereocenters. The van der Waals surface area contributed by atoms with Crippen molar-refractivity contribution >= 4 is 5.97 Å². The van der Waals surface area contributed by atoms with E-state index in [-0.39, 0.29) is 5.92 Å². The highest BCUT2D eigenvalue weighted by Gasteiger charge is 2.41. The van der Waals surface area contributed by atoms with Gasteiger partial charge in [0, 0.05) is 0 Å². The molecule has 0 amide bonds. The Morgan fingerprint density at radius 2 is 1.79 bits per heavy atom. The van der Waals surface area contributed by atoms with Gasteiger partial charge < -0.3 is 9.84 Å². The van der Waals surface area contributed by atoms with Crippen LogP contribution in [0.15, 0.2) is 0 Å². The van der Waals surface area contributed by atoms with Crippen molar-refractivity contribution in [3.05, 3.63) is 0 Å². The van der Waals surface area contributed by atoms with Gasteiger partial charge in [0.25, 0.3) is 0 Å². The van der Waals surface area contributed by atoms with Gasteiger partial charge in [-0.05, 0) is 32.1 Å². The predicted octanol–water partition coefficient (Wildman–Crippen LogP) is 2.13. The van der Waals surface area contributed by atoms with Gasteiger partial charge in [-0.25, -0.2) is 4.79 Å². The molecule has 0 rings (SSSR count). The van der Waals surface area contributed by atoms with Crippen LogP contribution in [0.1, 0.15) is 47.0 Å². The number of carbonyl (C=O) groups excluding carboxylic acids is 1. The lowest BCUT2D eigenvalue weighted by atomic mass is 9.81. The van der Waals surface area contributed by atoms with E-state index in [0.29, 0.717) is 13.0 Å². The maximum Gasteiger partial charge on any atom is 0.338 e. The molecule has 14 heavy (non-hydrogen) atoms. The molecule has 0 radical (unpaired) electrons. The first kappa shape index (κ1) is 13.4. The lowest BCUT2D eigenvalue weighted by Crippen LogP contribution is -2.46. The molecule has 0 aliphatic rings. The Morgan fingerprint density at radius 1 is 1.29 bits per heavy atom. The van der Waals surface area contributed by atoms with Crippen LogP contribution < -0.4 is 0 Å². The minimum Gasteiger partial charge on any atom is -0.464 e. The largest absolute Gasteiger partial charge is 0.464 e. The Labute approximate surface area is 86.5 Å². The number of ether oxygens (including phenoxy) is 1. The van der Waals surface area contributed by atoms with E-state index in [0.717, 1.165) is 12.8 Å². The van der Waals surface area contributed by atoms with Crippen molar-refractivity contribution < 1.29 is 14.6 Å². The van der Waals surface area contributed by atoms with E-state index in [1.807, 2.05) is 20.8 Å². The third-order valence-electron chi connectivity index (χ3n) is 2.83. The second kappa shape index (κ2) is 6.02. The second-order valence-corrected chi connectivity index (χ2v) is 3.51. The lowest BCUT2D eigenvalue weighted by Gasteiger charge is -2.31. The summed E-state index contributed by atoms with van der Waals surface area (Å²) >= 11 is 0. The Hall–Kier alpha value is -0.570. The van der Waals surface area contributed by atoms with Crippen LogP contribution in [-0.4, -0.2) is 23.3 Å². The zero-order valence-electron chi connectivity index (χ0n) is 9.67. The van der Waals surface area contributed by atoms with E-state index < -0.39 is 11.6 Å². The molecule has 0 spiro atoms. The highest BCUT2D eigenvalue weighted by Crippen LogP contribution is 2.28. The van der Waals surface area contributed by atoms with Gasteiger partial charge in [-0.2, -0.15) is 0 Å². The zero-order chi connectivity index (χ0) is 11.2. The summed E-state index contributed by atoms with van der Waals surface area (Å²) in [6.45, 7) is 7.85. The fourth-order valence-electron chi connectivity index (χ4n) is 1.82. The van der Waals surface area contributed by atoms with Crippen molar-refractivity contribution in [3.63, 3.8) is 0 Å². The summed E-state index contributed by atoms with van der Waals surface area (Å²) in [5, 5.41) is 10.2. The fourth-order valence-corrected chi connectivity index (χ4v) is 1.82. The van der Waals surface area contributed by atoms with E-state index in [2.05, 4.69) is 0 Å². The maximum absolute atomic E-state index is 11.6.